The van der Waals surface area contributed by atoms with Gasteiger partial charge in [-0.05, 0) is 25.0 Å². The maximum Gasteiger partial charge on any atom is 0.227 e. The average molecular weight is 404 g/mol. The molecule has 2 heterocycles. The van der Waals surface area contributed by atoms with Crippen LogP contribution in [0.2, 0.25) is 0 Å². The Morgan fingerprint density at radius 1 is 1.21 bits per heavy atom. The minimum absolute atomic E-state index is 0.104. The van der Waals surface area contributed by atoms with Gasteiger partial charge in [-0.3, -0.25) is 14.5 Å². The summed E-state index contributed by atoms with van der Waals surface area (Å²) in [6.07, 6.45) is 2.04. The fourth-order valence-corrected chi connectivity index (χ4v) is 3.88. The topological polar surface area (TPSA) is 62.3 Å². The van der Waals surface area contributed by atoms with E-state index in [1.54, 1.807) is 4.90 Å². The first-order valence-electron chi connectivity index (χ1n) is 10.6. The van der Waals surface area contributed by atoms with Gasteiger partial charge in [0.2, 0.25) is 11.8 Å². The van der Waals surface area contributed by atoms with Crippen LogP contribution in [0.5, 0.6) is 5.75 Å². The molecule has 0 bridgehead atoms. The molecule has 2 amide bonds. The van der Waals surface area contributed by atoms with E-state index in [1.165, 1.54) is 0 Å². The Hall–Kier alpha value is -2.12. The lowest BCUT2D eigenvalue weighted by Gasteiger charge is -2.34. The first-order chi connectivity index (χ1) is 14.1. The van der Waals surface area contributed by atoms with Crippen LogP contribution in [0.15, 0.2) is 30.3 Å². The lowest BCUT2D eigenvalue weighted by molar-refractivity contribution is -0.142. The monoisotopic (exact) mass is 403 g/mol. The van der Waals surface area contributed by atoms with Crippen molar-refractivity contribution in [3.8, 4) is 5.75 Å². The van der Waals surface area contributed by atoms with E-state index in [0.29, 0.717) is 32.5 Å². The van der Waals surface area contributed by atoms with Crippen LogP contribution < -0.4 is 4.74 Å². The maximum absolute atomic E-state index is 12.8. The average Bonchev–Trinajstić information content (AvgIpc) is 2.76. The first kappa shape index (κ1) is 21.6. The van der Waals surface area contributed by atoms with Crippen molar-refractivity contribution in [3.63, 3.8) is 0 Å². The molecule has 0 radical (unpaired) electrons. The number of morpholine rings is 1. The van der Waals surface area contributed by atoms with E-state index in [2.05, 4.69) is 4.90 Å². The van der Waals surface area contributed by atoms with Crippen molar-refractivity contribution in [2.45, 2.75) is 19.3 Å². The molecule has 1 aromatic carbocycles. The van der Waals surface area contributed by atoms with Gasteiger partial charge in [-0.15, -0.1) is 0 Å². The molecule has 2 saturated heterocycles. The lowest BCUT2D eigenvalue weighted by Crippen LogP contribution is -2.47. The van der Waals surface area contributed by atoms with Crippen molar-refractivity contribution in [3.05, 3.63) is 30.3 Å². The third-order valence-electron chi connectivity index (χ3n) is 5.67. The molecule has 160 valence electrons. The third kappa shape index (κ3) is 6.72. The highest BCUT2D eigenvalue weighted by atomic mass is 16.5. The normalized spacial score (nSPS) is 20.5. The van der Waals surface area contributed by atoms with Crippen LogP contribution in [0.3, 0.4) is 0 Å². The van der Waals surface area contributed by atoms with Crippen LogP contribution in [0.1, 0.15) is 19.3 Å². The SMILES string of the molecule is CN(CCOc1ccccc1)C(=O)[C@H]1CCC(=O)N(CCCN2CCOCC2)C1. The van der Waals surface area contributed by atoms with E-state index in [4.69, 9.17) is 9.47 Å². The van der Waals surface area contributed by atoms with Crippen molar-refractivity contribution in [2.75, 3.05) is 66.1 Å². The molecule has 0 saturated carbocycles. The minimum atomic E-state index is -0.113. The highest BCUT2D eigenvalue weighted by Crippen LogP contribution is 2.20. The number of carbonyl (C=O) groups is 2. The molecule has 2 aliphatic rings. The van der Waals surface area contributed by atoms with E-state index in [-0.39, 0.29) is 17.7 Å². The second-order valence-corrected chi connectivity index (χ2v) is 7.80. The number of piperidine rings is 1. The second kappa shape index (κ2) is 11.2. The number of para-hydroxylation sites is 1. The summed E-state index contributed by atoms with van der Waals surface area (Å²) in [5, 5.41) is 0. The number of benzene rings is 1. The fraction of sp³-hybridized carbons (Fsp3) is 0.636. The highest BCUT2D eigenvalue weighted by molar-refractivity contribution is 5.83. The Labute approximate surface area is 173 Å². The zero-order valence-corrected chi connectivity index (χ0v) is 17.4. The van der Waals surface area contributed by atoms with Crippen LogP contribution in [0.25, 0.3) is 0 Å². The Bertz CT molecular complexity index is 649. The molecule has 0 unspecified atom stereocenters. The predicted molar refractivity (Wildman–Crippen MR) is 111 cm³/mol. The number of amides is 2. The van der Waals surface area contributed by atoms with Gasteiger partial charge >= 0.3 is 0 Å². The van der Waals surface area contributed by atoms with Gasteiger partial charge in [0.1, 0.15) is 12.4 Å². The van der Waals surface area contributed by atoms with Gasteiger partial charge in [0, 0.05) is 46.2 Å². The van der Waals surface area contributed by atoms with E-state index in [0.717, 1.165) is 51.6 Å². The van der Waals surface area contributed by atoms with E-state index < -0.39 is 0 Å². The van der Waals surface area contributed by atoms with Gasteiger partial charge in [-0.25, -0.2) is 0 Å². The molecule has 1 atom stereocenters. The zero-order chi connectivity index (χ0) is 20.5. The summed E-state index contributed by atoms with van der Waals surface area (Å²) in [6, 6.07) is 9.61. The number of hydrogen-bond donors (Lipinski definition) is 0. The number of nitrogens with zero attached hydrogens (tertiary/aromatic N) is 3. The summed E-state index contributed by atoms with van der Waals surface area (Å²) < 4.78 is 11.1. The molecule has 7 nitrogen and oxygen atoms in total. The summed E-state index contributed by atoms with van der Waals surface area (Å²) in [7, 11) is 1.82. The van der Waals surface area contributed by atoms with Gasteiger partial charge < -0.3 is 19.3 Å². The third-order valence-corrected chi connectivity index (χ3v) is 5.67. The van der Waals surface area contributed by atoms with Crippen molar-refractivity contribution < 1.29 is 19.1 Å². The lowest BCUT2D eigenvalue weighted by atomic mass is 9.96. The Kier molecular flexibility index (Phi) is 8.31. The Morgan fingerprint density at radius 2 is 1.97 bits per heavy atom. The fourth-order valence-electron chi connectivity index (χ4n) is 3.88. The van der Waals surface area contributed by atoms with Gasteiger partial charge in [0.15, 0.2) is 0 Å². The number of rotatable bonds is 9. The van der Waals surface area contributed by atoms with Gasteiger partial charge in [0.25, 0.3) is 0 Å². The zero-order valence-electron chi connectivity index (χ0n) is 17.4. The summed E-state index contributed by atoms with van der Waals surface area (Å²) in [5.41, 5.74) is 0. The van der Waals surface area contributed by atoms with Gasteiger partial charge in [0.05, 0.1) is 25.7 Å². The van der Waals surface area contributed by atoms with Crippen LogP contribution in [-0.4, -0.2) is 92.7 Å². The van der Waals surface area contributed by atoms with Crippen molar-refractivity contribution in [1.29, 1.82) is 0 Å². The summed E-state index contributed by atoms with van der Waals surface area (Å²) in [6.45, 7) is 6.74. The minimum Gasteiger partial charge on any atom is -0.492 e. The summed E-state index contributed by atoms with van der Waals surface area (Å²) in [5.74, 6) is 0.972. The van der Waals surface area contributed by atoms with Crippen LogP contribution in [0.4, 0.5) is 0 Å². The summed E-state index contributed by atoms with van der Waals surface area (Å²) in [4.78, 5) is 31.1. The van der Waals surface area contributed by atoms with Gasteiger partial charge in [-0.2, -0.15) is 0 Å². The standard InChI is InChI=1S/C22H33N3O4/c1-23(12-17-29-20-6-3-2-4-7-20)22(27)19-8-9-21(26)25(18-19)11-5-10-24-13-15-28-16-14-24/h2-4,6-7,19H,5,8-18H2,1H3/t19-/m0/s1. The maximum atomic E-state index is 12.8. The molecule has 0 spiro atoms. The molecule has 7 heteroatoms. The predicted octanol–water partition coefficient (Wildman–Crippen LogP) is 1.48. The molecule has 2 aliphatic heterocycles. The largest absolute Gasteiger partial charge is 0.492 e. The number of ether oxygens (including phenoxy) is 2. The smallest absolute Gasteiger partial charge is 0.227 e. The van der Waals surface area contributed by atoms with Crippen LogP contribution in [-0.2, 0) is 14.3 Å². The number of carbonyl (C=O) groups excluding carboxylic acids is 2. The number of likely N-dealkylation sites (N-methyl/N-ethyl adjacent to an activating group) is 1. The van der Waals surface area contributed by atoms with E-state index in [1.807, 2.05) is 42.3 Å². The van der Waals surface area contributed by atoms with Crippen molar-refractivity contribution in [2.24, 2.45) is 5.92 Å². The molecule has 29 heavy (non-hydrogen) atoms. The first-order valence-corrected chi connectivity index (χ1v) is 10.6. The molecule has 0 N–H and O–H groups in total. The highest BCUT2D eigenvalue weighted by Gasteiger charge is 2.31. The number of likely N-dealkylation sites (tertiary alicyclic amines) is 1. The molecule has 0 aliphatic carbocycles. The molecule has 1 aromatic rings. The molecular formula is C22H33N3O4. The number of hydrogen-bond acceptors (Lipinski definition) is 5. The Balaban J connectivity index is 1.39. The van der Waals surface area contributed by atoms with E-state index in [9.17, 15) is 9.59 Å². The van der Waals surface area contributed by atoms with E-state index >= 15 is 0 Å². The summed E-state index contributed by atoms with van der Waals surface area (Å²) >= 11 is 0. The Morgan fingerprint density at radius 3 is 2.72 bits per heavy atom. The molecule has 3 rings (SSSR count). The van der Waals surface area contributed by atoms with Gasteiger partial charge in [-0.1, -0.05) is 18.2 Å². The van der Waals surface area contributed by atoms with Crippen molar-refractivity contribution in [1.82, 2.24) is 14.7 Å². The van der Waals surface area contributed by atoms with Crippen LogP contribution in [0, 0.1) is 5.92 Å². The molecule has 2 fully saturated rings. The molecular weight excluding hydrogens is 370 g/mol. The second-order valence-electron chi connectivity index (χ2n) is 7.80. The quantitative estimate of drug-likeness (QED) is 0.625. The van der Waals surface area contributed by atoms with Crippen molar-refractivity contribution >= 4 is 11.8 Å². The molecule has 0 aromatic heterocycles. The van der Waals surface area contributed by atoms with Crippen LogP contribution >= 0.6 is 0 Å².